The molecule has 7 atom stereocenters. The van der Waals surface area contributed by atoms with E-state index in [2.05, 4.69) is 15.6 Å². The van der Waals surface area contributed by atoms with Crippen LogP contribution in [-0.2, 0) is 30.3 Å². The maximum atomic E-state index is 14.2. The minimum atomic E-state index is -0.964. The molecule has 2 aromatic rings. The maximum Gasteiger partial charge on any atom is 0.306 e. The van der Waals surface area contributed by atoms with Crippen LogP contribution in [0.15, 0.2) is 29.6 Å². The zero-order valence-electron chi connectivity index (χ0n) is 32.1. The topological polar surface area (TPSA) is 184 Å². The average molecular weight is 743 g/mol. The highest BCUT2D eigenvalue weighted by molar-refractivity contribution is 7.09. The van der Waals surface area contributed by atoms with Gasteiger partial charge in [-0.2, -0.15) is 0 Å². The molecule has 0 bridgehead atoms. The molecule has 2 heterocycles. The molecular formula is C38H58N6O7S. The highest BCUT2D eigenvalue weighted by atomic mass is 32.1. The second kappa shape index (κ2) is 18.6. The normalized spacial score (nSPS) is 19.6. The van der Waals surface area contributed by atoms with Crippen LogP contribution in [0.2, 0.25) is 0 Å². The molecule has 5 N–H and O–H groups in total. The molecule has 0 saturated carbocycles. The van der Waals surface area contributed by atoms with Gasteiger partial charge < -0.3 is 31.1 Å². The molecule has 14 heteroatoms. The highest BCUT2D eigenvalue weighted by Crippen LogP contribution is 2.32. The fourth-order valence-corrected chi connectivity index (χ4v) is 7.54. The van der Waals surface area contributed by atoms with Gasteiger partial charge in [0.2, 0.25) is 11.8 Å². The molecule has 0 aliphatic carbocycles. The van der Waals surface area contributed by atoms with E-state index in [4.69, 9.17) is 10.5 Å². The summed E-state index contributed by atoms with van der Waals surface area (Å²) in [6.45, 7) is 13.5. The first-order valence-corrected chi connectivity index (χ1v) is 19.0. The molecule has 1 saturated heterocycles. The predicted octanol–water partition coefficient (Wildman–Crippen LogP) is 4.67. The summed E-state index contributed by atoms with van der Waals surface area (Å²) < 4.78 is 5.76. The van der Waals surface area contributed by atoms with Crippen molar-refractivity contribution in [2.24, 2.45) is 17.8 Å². The van der Waals surface area contributed by atoms with Gasteiger partial charge in [-0.05, 0) is 75.7 Å². The van der Waals surface area contributed by atoms with Crippen LogP contribution >= 0.6 is 11.3 Å². The molecule has 288 valence electrons. The second-order valence-electron chi connectivity index (χ2n) is 14.9. The number of likely N-dealkylation sites (N-methyl/N-ethyl adjacent to an activating group) is 2. The quantitative estimate of drug-likeness (QED) is 0.124. The van der Waals surface area contributed by atoms with Crippen molar-refractivity contribution in [2.75, 3.05) is 26.4 Å². The number of carboxylic acids is 1. The lowest BCUT2D eigenvalue weighted by atomic mass is 9.91. The fourth-order valence-electron chi connectivity index (χ4n) is 6.70. The number of carbonyl (C=O) groups excluding carboxylic acids is 4. The molecule has 52 heavy (non-hydrogen) atoms. The molecule has 1 fully saturated rings. The van der Waals surface area contributed by atoms with Gasteiger partial charge in [0, 0.05) is 43.5 Å². The van der Waals surface area contributed by atoms with Crippen LogP contribution in [0.25, 0.3) is 0 Å². The summed E-state index contributed by atoms with van der Waals surface area (Å²) in [4.78, 5) is 73.6. The molecule has 13 nitrogen and oxygen atoms in total. The molecule has 1 aromatic heterocycles. The molecule has 0 spiro atoms. The smallest absolute Gasteiger partial charge is 0.306 e. The largest absolute Gasteiger partial charge is 0.481 e. The summed E-state index contributed by atoms with van der Waals surface area (Å²) in [5, 5.41) is 17.6. The summed E-state index contributed by atoms with van der Waals surface area (Å²) in [5.41, 5.74) is 6.73. The third kappa shape index (κ3) is 11.0. The number of anilines is 1. The van der Waals surface area contributed by atoms with E-state index in [1.807, 2.05) is 58.7 Å². The van der Waals surface area contributed by atoms with Crippen molar-refractivity contribution >= 4 is 46.7 Å². The Morgan fingerprint density at radius 3 is 2.29 bits per heavy atom. The number of esters is 1. The number of hydrogen-bond acceptors (Lipinski definition) is 10. The maximum absolute atomic E-state index is 14.2. The van der Waals surface area contributed by atoms with Crippen LogP contribution in [0.1, 0.15) is 108 Å². The SMILES string of the molecule is CCC(C)C(NC(=O)[C@@]1(C)CCCN1C)C(=O)N(C)C(CC(OC(C)=O)c1nc(C(=O)NC(Cc2ccc(N)cc2)CC(C)C(=O)O)cs1)C(C)C. The zero-order valence-corrected chi connectivity index (χ0v) is 32.9. The van der Waals surface area contributed by atoms with Gasteiger partial charge in [0.15, 0.2) is 6.10 Å². The lowest BCUT2D eigenvalue weighted by molar-refractivity contribution is -0.149. The number of thiazole rings is 1. The Hall–Kier alpha value is -4.04. The first-order valence-electron chi connectivity index (χ1n) is 18.2. The van der Waals surface area contributed by atoms with E-state index in [1.165, 1.54) is 18.3 Å². The second-order valence-corrected chi connectivity index (χ2v) is 15.8. The molecular weight excluding hydrogens is 685 g/mol. The third-order valence-corrected chi connectivity index (χ3v) is 11.5. The monoisotopic (exact) mass is 742 g/mol. The van der Waals surface area contributed by atoms with Crippen molar-refractivity contribution in [2.45, 2.75) is 117 Å². The van der Waals surface area contributed by atoms with Crippen LogP contribution in [0.3, 0.4) is 0 Å². The molecule has 1 aromatic carbocycles. The van der Waals surface area contributed by atoms with Crippen LogP contribution in [0.5, 0.6) is 0 Å². The molecule has 1 aliphatic rings. The van der Waals surface area contributed by atoms with Crippen LogP contribution in [-0.4, -0.2) is 93.9 Å². The molecule has 1 aliphatic heterocycles. The van der Waals surface area contributed by atoms with Gasteiger partial charge in [0.25, 0.3) is 5.91 Å². The van der Waals surface area contributed by atoms with E-state index in [9.17, 15) is 29.1 Å². The van der Waals surface area contributed by atoms with Crippen LogP contribution < -0.4 is 16.4 Å². The standard InChI is InChI=1S/C38H58N6O7S/c1-10-23(4)32(42-37(50)38(7)16-11-17-43(38)8)35(47)44(9)30(22(2)3)20-31(51-25(6)45)34-41-29(21-52-34)33(46)40-28(18-24(5)36(48)49)19-26-12-14-27(39)15-13-26/h12-15,21-24,28,30-32H,10-11,16-20,39H2,1-9H3,(H,40,46)(H,42,50)(H,48,49)/t23?,24?,28?,30?,31?,32?,38-/m1/s1. The number of benzene rings is 1. The number of rotatable bonds is 18. The number of nitrogen functional groups attached to an aromatic ring is 1. The minimum absolute atomic E-state index is 0.0631. The molecule has 3 rings (SSSR count). The van der Waals surface area contributed by atoms with E-state index >= 15 is 0 Å². The van der Waals surface area contributed by atoms with Gasteiger partial charge in [-0.3, -0.25) is 28.9 Å². The Morgan fingerprint density at radius 2 is 1.75 bits per heavy atom. The minimum Gasteiger partial charge on any atom is -0.481 e. The Kier molecular flexibility index (Phi) is 15.2. The Bertz CT molecular complexity index is 1550. The molecule has 6 unspecified atom stereocenters. The van der Waals surface area contributed by atoms with Crippen molar-refractivity contribution in [3.8, 4) is 0 Å². The number of likely N-dealkylation sites (tertiary alicyclic amines) is 1. The average Bonchev–Trinajstić information content (AvgIpc) is 3.72. The molecule has 3 amide bonds. The van der Waals surface area contributed by atoms with E-state index in [0.717, 1.165) is 18.5 Å². The number of carboxylic acid groups (broad SMARTS) is 1. The number of ether oxygens (including phenoxy) is 1. The summed E-state index contributed by atoms with van der Waals surface area (Å²) in [7, 11) is 3.64. The van der Waals surface area contributed by atoms with Gasteiger partial charge in [-0.1, -0.05) is 53.2 Å². The number of carbonyl (C=O) groups is 5. The van der Waals surface area contributed by atoms with Crippen molar-refractivity contribution in [3.63, 3.8) is 0 Å². The van der Waals surface area contributed by atoms with Gasteiger partial charge in [0.05, 0.1) is 11.5 Å². The number of amides is 3. The number of nitrogens with two attached hydrogens (primary N) is 1. The summed E-state index contributed by atoms with van der Waals surface area (Å²) in [6.07, 6.45) is 2.25. The molecule has 0 radical (unpaired) electrons. The summed E-state index contributed by atoms with van der Waals surface area (Å²) in [6, 6.07) is 5.52. The number of nitrogens with one attached hydrogen (secondary N) is 2. The first kappa shape index (κ1) is 42.4. The van der Waals surface area contributed by atoms with Crippen molar-refractivity contribution in [1.29, 1.82) is 0 Å². The van der Waals surface area contributed by atoms with Gasteiger partial charge in [0.1, 0.15) is 16.7 Å². The van der Waals surface area contributed by atoms with Crippen molar-refractivity contribution < 1.29 is 33.8 Å². The zero-order chi connectivity index (χ0) is 38.9. The summed E-state index contributed by atoms with van der Waals surface area (Å²) in [5.74, 6) is -3.27. The number of aromatic nitrogens is 1. The van der Waals surface area contributed by atoms with Crippen LogP contribution in [0.4, 0.5) is 5.69 Å². The Balaban J connectivity index is 1.83. The summed E-state index contributed by atoms with van der Waals surface area (Å²) >= 11 is 1.17. The highest BCUT2D eigenvalue weighted by Gasteiger charge is 2.44. The van der Waals surface area contributed by atoms with E-state index < -0.39 is 53.5 Å². The third-order valence-electron chi connectivity index (χ3n) is 10.5. The van der Waals surface area contributed by atoms with Crippen molar-refractivity contribution in [1.82, 2.24) is 25.4 Å². The Labute approximate surface area is 312 Å². The van der Waals surface area contributed by atoms with Crippen LogP contribution in [0, 0.1) is 17.8 Å². The van der Waals surface area contributed by atoms with Crippen molar-refractivity contribution in [3.05, 3.63) is 45.9 Å². The van der Waals surface area contributed by atoms with Gasteiger partial charge in [-0.15, -0.1) is 11.3 Å². The van der Waals surface area contributed by atoms with E-state index in [1.54, 1.807) is 36.4 Å². The number of aliphatic carboxylic acids is 1. The predicted molar refractivity (Wildman–Crippen MR) is 202 cm³/mol. The number of hydrogen-bond donors (Lipinski definition) is 4. The number of nitrogens with zero attached hydrogens (tertiary/aromatic N) is 3. The van der Waals surface area contributed by atoms with Gasteiger partial charge in [-0.25, -0.2) is 4.98 Å². The Morgan fingerprint density at radius 1 is 1.10 bits per heavy atom. The lowest BCUT2D eigenvalue weighted by Crippen LogP contribution is -2.60. The van der Waals surface area contributed by atoms with E-state index in [-0.39, 0.29) is 42.2 Å². The van der Waals surface area contributed by atoms with Gasteiger partial charge >= 0.3 is 11.9 Å². The fraction of sp³-hybridized carbons (Fsp3) is 0.632. The lowest BCUT2D eigenvalue weighted by Gasteiger charge is -2.38. The van der Waals surface area contributed by atoms with E-state index in [0.29, 0.717) is 30.0 Å². The first-order chi connectivity index (χ1) is 24.4.